The van der Waals surface area contributed by atoms with Gasteiger partial charge in [0, 0.05) is 10.4 Å². The number of amides is 1. The molecule has 1 fully saturated rings. The minimum atomic E-state index is -3.96. The highest BCUT2D eigenvalue weighted by Crippen LogP contribution is 2.31. The first kappa shape index (κ1) is 20.5. The number of carbonyl (C=O) groups excluding carboxylic acids is 1. The number of carboxylic acid groups (broad SMARTS) is 1. The molecule has 1 aliphatic carbocycles. The van der Waals surface area contributed by atoms with E-state index in [1.165, 1.54) is 6.07 Å². The molecule has 2 aromatic rings. The van der Waals surface area contributed by atoms with Gasteiger partial charge in [0.15, 0.2) is 0 Å². The van der Waals surface area contributed by atoms with Gasteiger partial charge < -0.3 is 10.4 Å². The monoisotopic (exact) mass is 422 g/mol. The maximum Gasteiger partial charge on any atom is 0.324 e. The minimum absolute atomic E-state index is 0.0441. The minimum Gasteiger partial charge on any atom is -0.480 e. The molecule has 0 saturated heterocycles. The van der Waals surface area contributed by atoms with E-state index in [-0.39, 0.29) is 29.5 Å². The van der Waals surface area contributed by atoms with Gasteiger partial charge in [0.1, 0.15) is 9.75 Å². The fourth-order valence-corrected chi connectivity index (χ4v) is 5.99. The molecule has 0 aliphatic heterocycles. The van der Waals surface area contributed by atoms with Crippen molar-refractivity contribution in [2.24, 2.45) is 0 Å². The maximum absolute atomic E-state index is 12.7. The third kappa shape index (κ3) is 4.60. The lowest BCUT2D eigenvalue weighted by molar-refractivity contribution is -0.145. The van der Waals surface area contributed by atoms with Crippen molar-refractivity contribution in [2.75, 3.05) is 0 Å². The number of hydrogen-bond donors (Lipinski definition) is 3. The third-order valence-electron chi connectivity index (χ3n) is 4.81. The van der Waals surface area contributed by atoms with Crippen LogP contribution in [0.3, 0.4) is 0 Å². The van der Waals surface area contributed by atoms with Gasteiger partial charge in [-0.3, -0.25) is 9.59 Å². The van der Waals surface area contributed by atoms with Crippen LogP contribution >= 0.6 is 11.3 Å². The molecule has 1 saturated carbocycles. The van der Waals surface area contributed by atoms with Gasteiger partial charge in [0.2, 0.25) is 0 Å². The Morgan fingerprint density at radius 2 is 1.71 bits per heavy atom. The molecule has 1 aromatic heterocycles. The molecule has 7 nitrogen and oxygen atoms in total. The van der Waals surface area contributed by atoms with Crippen LogP contribution in [-0.4, -0.2) is 30.9 Å². The molecule has 1 aromatic carbocycles. The number of aliphatic carboxylic acids is 1. The van der Waals surface area contributed by atoms with E-state index in [2.05, 4.69) is 10.0 Å². The Hall–Kier alpha value is -2.23. The first-order valence-corrected chi connectivity index (χ1v) is 11.3. The standard InChI is InChI=1S/C19H22N2O5S2/c22-17(14-7-3-1-4-8-14)20-13-15-9-10-16(27-15)28(25,26)21-19(18(23)24)11-5-2-6-12-19/h1,3-4,7-10,21H,2,5-6,11-13H2,(H,20,22)(H,23,24). The predicted octanol–water partition coefficient (Wildman–Crippen LogP) is 2.74. The Bertz CT molecular complexity index is 948. The summed E-state index contributed by atoms with van der Waals surface area (Å²) < 4.78 is 27.9. The summed E-state index contributed by atoms with van der Waals surface area (Å²) in [4.78, 5) is 24.5. The van der Waals surface area contributed by atoms with Crippen molar-refractivity contribution in [2.45, 2.75) is 48.4 Å². The molecule has 1 amide bonds. The fourth-order valence-electron chi connectivity index (χ4n) is 3.28. The largest absolute Gasteiger partial charge is 0.480 e. The highest BCUT2D eigenvalue weighted by Gasteiger charge is 2.43. The van der Waals surface area contributed by atoms with E-state index in [9.17, 15) is 23.1 Å². The highest BCUT2D eigenvalue weighted by molar-refractivity contribution is 7.91. The second-order valence-corrected chi connectivity index (χ2v) is 9.90. The van der Waals surface area contributed by atoms with Gasteiger partial charge in [0.05, 0.1) is 6.54 Å². The molecule has 0 bridgehead atoms. The summed E-state index contributed by atoms with van der Waals surface area (Å²) >= 11 is 1.02. The summed E-state index contributed by atoms with van der Waals surface area (Å²) in [5.74, 6) is -1.38. The van der Waals surface area contributed by atoms with Gasteiger partial charge in [-0.25, -0.2) is 8.42 Å². The Morgan fingerprint density at radius 3 is 2.36 bits per heavy atom. The summed E-state index contributed by atoms with van der Waals surface area (Å²) in [6.45, 7) is 0.192. The summed E-state index contributed by atoms with van der Waals surface area (Å²) in [7, 11) is -3.96. The zero-order valence-corrected chi connectivity index (χ0v) is 16.8. The molecule has 0 unspecified atom stereocenters. The Balaban J connectivity index is 1.68. The van der Waals surface area contributed by atoms with Crippen LogP contribution in [0, 0.1) is 0 Å². The van der Waals surface area contributed by atoms with E-state index in [1.54, 1.807) is 30.3 Å². The number of hydrogen-bond acceptors (Lipinski definition) is 5. The van der Waals surface area contributed by atoms with Crippen LogP contribution in [-0.2, 0) is 21.4 Å². The Kier molecular flexibility index (Phi) is 6.17. The zero-order valence-electron chi connectivity index (χ0n) is 15.2. The molecule has 3 N–H and O–H groups in total. The topological polar surface area (TPSA) is 113 Å². The average molecular weight is 423 g/mol. The van der Waals surface area contributed by atoms with Gasteiger partial charge >= 0.3 is 5.97 Å². The smallest absolute Gasteiger partial charge is 0.324 e. The fraction of sp³-hybridized carbons (Fsp3) is 0.368. The van der Waals surface area contributed by atoms with Gasteiger partial charge in [-0.15, -0.1) is 11.3 Å². The highest BCUT2D eigenvalue weighted by atomic mass is 32.2. The van der Waals surface area contributed by atoms with Crippen molar-refractivity contribution in [1.29, 1.82) is 0 Å². The SMILES string of the molecule is O=C(NCc1ccc(S(=O)(=O)NC2(C(=O)O)CCCCC2)s1)c1ccccc1. The quantitative estimate of drug-likeness (QED) is 0.635. The van der Waals surface area contributed by atoms with E-state index in [0.717, 1.165) is 17.8 Å². The lowest BCUT2D eigenvalue weighted by Gasteiger charge is -2.33. The zero-order chi connectivity index (χ0) is 20.2. The summed E-state index contributed by atoms with van der Waals surface area (Å²) in [6, 6.07) is 11.8. The third-order valence-corrected chi connectivity index (χ3v) is 7.92. The molecule has 1 heterocycles. The lowest BCUT2D eigenvalue weighted by atomic mass is 9.83. The second-order valence-electron chi connectivity index (χ2n) is 6.82. The molecule has 0 spiro atoms. The van der Waals surface area contributed by atoms with E-state index >= 15 is 0 Å². The summed E-state index contributed by atoms with van der Waals surface area (Å²) in [5, 5.41) is 12.3. The van der Waals surface area contributed by atoms with Crippen LogP contribution in [0.1, 0.15) is 47.3 Å². The van der Waals surface area contributed by atoms with Crippen LogP contribution in [0.25, 0.3) is 0 Å². The van der Waals surface area contributed by atoms with Crippen LogP contribution in [0.5, 0.6) is 0 Å². The van der Waals surface area contributed by atoms with Crippen molar-refractivity contribution in [3.05, 3.63) is 52.9 Å². The first-order valence-electron chi connectivity index (χ1n) is 9.02. The van der Waals surface area contributed by atoms with Crippen molar-refractivity contribution in [3.8, 4) is 0 Å². The average Bonchev–Trinajstić information content (AvgIpc) is 3.17. The molecule has 0 radical (unpaired) electrons. The van der Waals surface area contributed by atoms with E-state index in [1.807, 2.05) is 6.07 Å². The summed E-state index contributed by atoms with van der Waals surface area (Å²) in [6.07, 6.45) is 2.83. The molecule has 9 heteroatoms. The van der Waals surface area contributed by atoms with Crippen LogP contribution in [0.2, 0.25) is 0 Å². The lowest BCUT2D eigenvalue weighted by Crippen LogP contribution is -2.55. The number of nitrogens with one attached hydrogen (secondary N) is 2. The van der Waals surface area contributed by atoms with E-state index < -0.39 is 21.5 Å². The van der Waals surface area contributed by atoms with Gasteiger partial charge in [0.25, 0.3) is 15.9 Å². The number of thiophene rings is 1. The van der Waals surface area contributed by atoms with Crippen molar-refractivity contribution in [3.63, 3.8) is 0 Å². The predicted molar refractivity (Wildman–Crippen MR) is 106 cm³/mol. The molecular formula is C19H22N2O5S2. The molecule has 3 rings (SSSR count). The van der Waals surface area contributed by atoms with Gasteiger partial charge in [-0.1, -0.05) is 37.5 Å². The molecular weight excluding hydrogens is 400 g/mol. The van der Waals surface area contributed by atoms with E-state index in [4.69, 9.17) is 0 Å². The molecule has 150 valence electrons. The van der Waals surface area contributed by atoms with E-state index in [0.29, 0.717) is 23.3 Å². The number of carboxylic acids is 1. The van der Waals surface area contributed by atoms with Crippen molar-refractivity contribution >= 4 is 33.2 Å². The number of rotatable bonds is 7. The summed E-state index contributed by atoms with van der Waals surface area (Å²) in [5.41, 5.74) is -0.919. The molecule has 0 atom stereocenters. The normalized spacial score (nSPS) is 16.4. The number of benzene rings is 1. The van der Waals surface area contributed by atoms with Crippen LogP contribution in [0.4, 0.5) is 0 Å². The Labute approximate surface area is 167 Å². The number of carbonyl (C=O) groups is 2. The first-order chi connectivity index (χ1) is 13.3. The van der Waals surface area contributed by atoms with Crippen molar-refractivity contribution < 1.29 is 23.1 Å². The second kappa shape index (κ2) is 8.42. The van der Waals surface area contributed by atoms with Crippen molar-refractivity contribution in [1.82, 2.24) is 10.0 Å². The molecule has 28 heavy (non-hydrogen) atoms. The maximum atomic E-state index is 12.7. The van der Waals surface area contributed by atoms with Crippen LogP contribution in [0.15, 0.2) is 46.7 Å². The van der Waals surface area contributed by atoms with Gasteiger partial charge in [-0.2, -0.15) is 4.72 Å². The molecule has 1 aliphatic rings. The number of sulfonamides is 1. The Morgan fingerprint density at radius 1 is 1.04 bits per heavy atom. The van der Waals surface area contributed by atoms with Gasteiger partial charge in [-0.05, 0) is 37.1 Å². The van der Waals surface area contributed by atoms with Crippen LogP contribution < -0.4 is 10.0 Å².